The Labute approximate surface area is 99.0 Å². The summed E-state index contributed by atoms with van der Waals surface area (Å²) < 4.78 is 12.9. The number of rotatable bonds is 5. The number of anilines is 1. The van der Waals surface area contributed by atoms with Crippen LogP contribution < -0.4 is 10.6 Å². The minimum absolute atomic E-state index is 0.0393. The monoisotopic (exact) mass is 244 g/mol. The molecule has 16 heavy (non-hydrogen) atoms. The zero-order valence-electron chi connectivity index (χ0n) is 9.02. The van der Waals surface area contributed by atoms with E-state index in [9.17, 15) is 9.18 Å². The third-order valence-corrected chi connectivity index (χ3v) is 2.30. The largest absolute Gasteiger partial charge is 0.383 e. The minimum atomic E-state index is -0.357. The molecule has 0 saturated heterocycles. The van der Waals surface area contributed by atoms with Gasteiger partial charge in [-0.1, -0.05) is 11.6 Å². The van der Waals surface area contributed by atoms with Gasteiger partial charge in [0.05, 0.1) is 10.7 Å². The van der Waals surface area contributed by atoms with Gasteiger partial charge in [0.15, 0.2) is 0 Å². The van der Waals surface area contributed by atoms with Crippen molar-refractivity contribution in [2.45, 2.75) is 13.3 Å². The van der Waals surface area contributed by atoms with Crippen LogP contribution in [0.1, 0.15) is 13.3 Å². The maximum absolute atomic E-state index is 12.9. The molecule has 0 heterocycles. The molecule has 0 bridgehead atoms. The molecule has 0 fully saturated rings. The third kappa shape index (κ3) is 4.06. The first kappa shape index (κ1) is 12.8. The van der Waals surface area contributed by atoms with Gasteiger partial charge in [0.2, 0.25) is 5.91 Å². The molecular formula is C11H14ClFN2O. The SMILES string of the molecule is CCNC(=O)CCNc1cc(F)ccc1Cl. The van der Waals surface area contributed by atoms with Crippen LogP contribution in [0.3, 0.4) is 0 Å². The van der Waals surface area contributed by atoms with Gasteiger partial charge in [0, 0.05) is 19.5 Å². The average molecular weight is 245 g/mol. The molecule has 5 heteroatoms. The summed E-state index contributed by atoms with van der Waals surface area (Å²) in [7, 11) is 0. The van der Waals surface area contributed by atoms with Crippen molar-refractivity contribution in [3.63, 3.8) is 0 Å². The molecule has 1 rings (SSSR count). The standard InChI is InChI=1S/C11H14ClFN2O/c1-2-14-11(16)5-6-15-10-7-8(13)3-4-9(10)12/h3-4,7,15H,2,5-6H2,1H3,(H,14,16). The molecule has 0 aliphatic rings. The zero-order chi connectivity index (χ0) is 12.0. The Morgan fingerprint density at radius 1 is 1.50 bits per heavy atom. The van der Waals surface area contributed by atoms with E-state index in [2.05, 4.69) is 10.6 Å². The van der Waals surface area contributed by atoms with Gasteiger partial charge in [0.1, 0.15) is 5.82 Å². The van der Waals surface area contributed by atoms with Gasteiger partial charge in [-0.2, -0.15) is 0 Å². The Morgan fingerprint density at radius 2 is 2.25 bits per heavy atom. The predicted octanol–water partition coefficient (Wildman–Crippen LogP) is 2.42. The molecule has 0 radical (unpaired) electrons. The first-order valence-electron chi connectivity index (χ1n) is 5.09. The van der Waals surface area contributed by atoms with Crippen LogP contribution in [0.15, 0.2) is 18.2 Å². The van der Waals surface area contributed by atoms with Crippen LogP contribution in [-0.2, 0) is 4.79 Å². The number of carbonyl (C=O) groups is 1. The lowest BCUT2D eigenvalue weighted by molar-refractivity contribution is -0.120. The summed E-state index contributed by atoms with van der Waals surface area (Å²) in [5, 5.41) is 6.02. The number of hydrogen-bond donors (Lipinski definition) is 2. The molecule has 3 nitrogen and oxygen atoms in total. The van der Waals surface area contributed by atoms with E-state index >= 15 is 0 Å². The average Bonchev–Trinajstić information content (AvgIpc) is 2.23. The fraction of sp³-hybridized carbons (Fsp3) is 0.364. The van der Waals surface area contributed by atoms with E-state index in [0.717, 1.165) is 0 Å². The third-order valence-electron chi connectivity index (χ3n) is 1.97. The molecule has 0 spiro atoms. The highest BCUT2D eigenvalue weighted by molar-refractivity contribution is 6.33. The molecule has 1 amide bonds. The van der Waals surface area contributed by atoms with Crippen molar-refractivity contribution in [3.05, 3.63) is 29.0 Å². The first-order valence-corrected chi connectivity index (χ1v) is 5.47. The molecule has 0 atom stereocenters. The van der Waals surface area contributed by atoms with Crippen LogP contribution in [-0.4, -0.2) is 19.0 Å². The summed E-state index contributed by atoms with van der Waals surface area (Å²) >= 11 is 5.84. The number of halogens is 2. The van der Waals surface area contributed by atoms with Crippen molar-refractivity contribution < 1.29 is 9.18 Å². The quantitative estimate of drug-likeness (QED) is 0.835. The summed E-state index contributed by atoms with van der Waals surface area (Å²) in [4.78, 5) is 11.1. The Hall–Kier alpha value is -1.29. The van der Waals surface area contributed by atoms with Crippen molar-refractivity contribution in [2.75, 3.05) is 18.4 Å². The van der Waals surface area contributed by atoms with Crippen LogP contribution in [0, 0.1) is 5.82 Å². The highest BCUT2D eigenvalue weighted by Gasteiger charge is 2.03. The molecule has 0 aliphatic carbocycles. The number of amides is 1. The van der Waals surface area contributed by atoms with Gasteiger partial charge >= 0.3 is 0 Å². The summed E-state index contributed by atoms with van der Waals surface area (Å²) in [6.07, 6.45) is 0.334. The maximum atomic E-state index is 12.9. The van der Waals surface area contributed by atoms with Crippen LogP contribution in [0.25, 0.3) is 0 Å². The topological polar surface area (TPSA) is 41.1 Å². The van der Waals surface area contributed by atoms with Crippen LogP contribution in [0.2, 0.25) is 5.02 Å². The molecule has 0 saturated carbocycles. The van der Waals surface area contributed by atoms with E-state index in [4.69, 9.17) is 11.6 Å². The highest BCUT2D eigenvalue weighted by atomic mass is 35.5. The van der Waals surface area contributed by atoms with Crippen molar-refractivity contribution >= 4 is 23.2 Å². The Morgan fingerprint density at radius 3 is 2.94 bits per heavy atom. The van der Waals surface area contributed by atoms with Gasteiger partial charge in [-0.3, -0.25) is 4.79 Å². The Balaban J connectivity index is 2.42. The highest BCUT2D eigenvalue weighted by Crippen LogP contribution is 2.22. The molecule has 2 N–H and O–H groups in total. The van der Waals surface area contributed by atoms with Crippen molar-refractivity contribution in [2.24, 2.45) is 0 Å². The van der Waals surface area contributed by atoms with Crippen molar-refractivity contribution in [1.29, 1.82) is 0 Å². The second-order valence-corrected chi connectivity index (χ2v) is 3.66. The lowest BCUT2D eigenvalue weighted by Gasteiger charge is -2.08. The molecule has 0 aliphatic heterocycles. The molecule has 1 aromatic rings. The van der Waals surface area contributed by atoms with Gasteiger partial charge in [-0.25, -0.2) is 4.39 Å². The zero-order valence-corrected chi connectivity index (χ0v) is 9.77. The lowest BCUT2D eigenvalue weighted by Crippen LogP contribution is -2.24. The summed E-state index contributed by atoms with van der Waals surface area (Å²) in [5.74, 6) is -0.396. The number of hydrogen-bond acceptors (Lipinski definition) is 2. The lowest BCUT2D eigenvalue weighted by atomic mass is 10.3. The van der Waals surface area contributed by atoms with Crippen molar-refractivity contribution in [3.8, 4) is 0 Å². The van der Waals surface area contributed by atoms with Gasteiger partial charge in [0.25, 0.3) is 0 Å². The molecule has 88 valence electrons. The summed E-state index contributed by atoms with van der Waals surface area (Å²) in [6.45, 7) is 2.89. The number of nitrogens with one attached hydrogen (secondary N) is 2. The molecule has 0 aromatic heterocycles. The van der Waals surface area contributed by atoms with E-state index in [1.165, 1.54) is 18.2 Å². The second kappa shape index (κ2) is 6.33. The van der Waals surface area contributed by atoms with E-state index in [-0.39, 0.29) is 11.7 Å². The fourth-order valence-electron chi connectivity index (χ4n) is 1.23. The van der Waals surface area contributed by atoms with Gasteiger partial charge in [-0.15, -0.1) is 0 Å². The van der Waals surface area contributed by atoms with Crippen molar-refractivity contribution in [1.82, 2.24) is 5.32 Å². The van der Waals surface area contributed by atoms with Gasteiger partial charge < -0.3 is 10.6 Å². The smallest absolute Gasteiger partial charge is 0.221 e. The van der Waals surface area contributed by atoms with Crippen LogP contribution in [0.5, 0.6) is 0 Å². The van der Waals surface area contributed by atoms with E-state index in [0.29, 0.717) is 30.2 Å². The molecule has 1 aromatic carbocycles. The van der Waals surface area contributed by atoms with Gasteiger partial charge in [-0.05, 0) is 25.1 Å². The fourth-order valence-corrected chi connectivity index (χ4v) is 1.41. The molecular weight excluding hydrogens is 231 g/mol. The second-order valence-electron chi connectivity index (χ2n) is 3.25. The number of carbonyl (C=O) groups excluding carboxylic acids is 1. The minimum Gasteiger partial charge on any atom is -0.383 e. The van der Waals surface area contributed by atoms with Crippen LogP contribution >= 0.6 is 11.6 Å². The van der Waals surface area contributed by atoms with E-state index in [1.54, 1.807) is 0 Å². The van der Waals surface area contributed by atoms with Crippen LogP contribution in [0.4, 0.5) is 10.1 Å². The first-order chi connectivity index (χ1) is 7.63. The Kier molecular flexibility index (Phi) is 5.05. The maximum Gasteiger partial charge on any atom is 0.221 e. The number of benzene rings is 1. The Bertz CT molecular complexity index is 371. The summed E-state index contributed by atoms with van der Waals surface area (Å²) in [6, 6.07) is 4.07. The predicted molar refractivity (Wildman–Crippen MR) is 63.2 cm³/mol. The molecule has 0 unspecified atom stereocenters. The normalized spacial score (nSPS) is 9.94. The van der Waals surface area contributed by atoms with E-state index < -0.39 is 0 Å². The van der Waals surface area contributed by atoms with E-state index in [1.807, 2.05) is 6.92 Å². The summed E-state index contributed by atoms with van der Waals surface area (Å²) in [5.41, 5.74) is 0.506.